The molecule has 0 unspecified atom stereocenters. The average molecular weight is 259 g/mol. The topological polar surface area (TPSA) is 73.2 Å². The van der Waals surface area contributed by atoms with Crippen molar-refractivity contribution in [2.75, 3.05) is 11.9 Å². The molecule has 0 saturated heterocycles. The third-order valence-electron chi connectivity index (χ3n) is 3.06. The van der Waals surface area contributed by atoms with Crippen LogP contribution in [0.3, 0.4) is 0 Å². The molecule has 1 N–H and O–H groups in total. The Morgan fingerprint density at radius 1 is 1.47 bits per heavy atom. The molecule has 0 spiro atoms. The Labute approximate surface area is 109 Å². The summed E-state index contributed by atoms with van der Waals surface area (Å²) < 4.78 is 6.37. The zero-order valence-corrected chi connectivity index (χ0v) is 10.4. The molecule has 1 aliphatic rings. The van der Waals surface area contributed by atoms with Gasteiger partial charge in [-0.1, -0.05) is 12.1 Å². The van der Waals surface area contributed by atoms with Crippen molar-refractivity contribution in [2.45, 2.75) is 19.4 Å². The van der Waals surface area contributed by atoms with E-state index in [1.54, 1.807) is 6.92 Å². The van der Waals surface area contributed by atoms with Crippen molar-refractivity contribution >= 4 is 28.9 Å². The second kappa shape index (κ2) is 4.38. The minimum absolute atomic E-state index is 0.0182. The molecular formula is C13H13N3O3. The predicted octanol–water partition coefficient (Wildman–Crippen LogP) is 1.42. The van der Waals surface area contributed by atoms with Gasteiger partial charge < -0.3 is 10.1 Å². The number of anilines is 1. The predicted molar refractivity (Wildman–Crippen MR) is 69.0 cm³/mol. The van der Waals surface area contributed by atoms with Gasteiger partial charge in [-0.05, 0) is 19.1 Å². The maximum absolute atomic E-state index is 12.3. The summed E-state index contributed by atoms with van der Waals surface area (Å²) in [6.07, 6.45) is 0.0182. The van der Waals surface area contributed by atoms with E-state index in [0.717, 1.165) is 11.0 Å². The van der Waals surface area contributed by atoms with Gasteiger partial charge in [-0.25, -0.2) is 9.55 Å². The third-order valence-corrected chi connectivity index (χ3v) is 3.06. The Morgan fingerprint density at radius 3 is 3.05 bits per heavy atom. The molecule has 1 aromatic heterocycles. The quantitative estimate of drug-likeness (QED) is 0.844. The van der Waals surface area contributed by atoms with E-state index in [-0.39, 0.29) is 18.3 Å². The summed E-state index contributed by atoms with van der Waals surface area (Å²) in [6.45, 7) is 2.05. The average Bonchev–Trinajstić information content (AvgIpc) is 2.88. The van der Waals surface area contributed by atoms with Crippen molar-refractivity contribution in [1.29, 1.82) is 0 Å². The van der Waals surface area contributed by atoms with Gasteiger partial charge in [0.1, 0.15) is 6.04 Å². The van der Waals surface area contributed by atoms with E-state index >= 15 is 0 Å². The molecule has 2 heterocycles. The molecule has 3 rings (SSSR count). The molecule has 6 heteroatoms. The standard InChI is InChI=1S/C13H13N3O3/c1-2-19-11(17)7-9-12(18)16-10-6-4-3-5-8(10)14-13(16)15-9/h3-6,9H,2,7H2,1H3,(H,14,15)/t9-/m1/s1. The molecule has 0 radical (unpaired) electrons. The van der Waals surface area contributed by atoms with Crippen molar-refractivity contribution in [3.8, 4) is 0 Å². The summed E-state index contributed by atoms with van der Waals surface area (Å²) in [5.74, 6) is -0.0688. The molecule has 0 saturated carbocycles. The van der Waals surface area contributed by atoms with Crippen LogP contribution in [0.1, 0.15) is 18.1 Å². The number of imidazole rings is 1. The molecule has 1 atom stereocenters. The Balaban J connectivity index is 1.88. The Bertz CT molecular complexity index is 662. The number of carbonyl (C=O) groups excluding carboxylic acids is 2. The van der Waals surface area contributed by atoms with E-state index in [0.29, 0.717) is 12.6 Å². The van der Waals surface area contributed by atoms with E-state index < -0.39 is 6.04 Å². The number of fused-ring (bicyclic) bond motifs is 3. The largest absolute Gasteiger partial charge is 0.466 e. The van der Waals surface area contributed by atoms with Gasteiger partial charge in [0.25, 0.3) is 5.91 Å². The van der Waals surface area contributed by atoms with Crippen LogP contribution in [0.15, 0.2) is 24.3 Å². The Kier molecular flexibility index (Phi) is 2.70. The van der Waals surface area contributed by atoms with Crippen LogP contribution < -0.4 is 5.32 Å². The van der Waals surface area contributed by atoms with Crippen LogP contribution in [0.2, 0.25) is 0 Å². The second-order valence-corrected chi connectivity index (χ2v) is 4.30. The first-order valence-electron chi connectivity index (χ1n) is 6.14. The third kappa shape index (κ3) is 1.85. The number of carbonyl (C=O) groups is 2. The lowest BCUT2D eigenvalue weighted by atomic mass is 10.2. The summed E-state index contributed by atoms with van der Waals surface area (Å²) >= 11 is 0. The van der Waals surface area contributed by atoms with Gasteiger partial charge in [0.05, 0.1) is 24.1 Å². The molecule has 19 heavy (non-hydrogen) atoms. The van der Waals surface area contributed by atoms with Crippen molar-refractivity contribution in [3.05, 3.63) is 24.3 Å². The van der Waals surface area contributed by atoms with Crippen LogP contribution in [0.5, 0.6) is 0 Å². The molecule has 1 aromatic carbocycles. The second-order valence-electron chi connectivity index (χ2n) is 4.30. The van der Waals surface area contributed by atoms with Gasteiger partial charge in [0, 0.05) is 0 Å². The number of aromatic nitrogens is 2. The number of esters is 1. The van der Waals surface area contributed by atoms with E-state index in [9.17, 15) is 9.59 Å². The van der Waals surface area contributed by atoms with Crippen LogP contribution in [-0.4, -0.2) is 34.1 Å². The maximum atomic E-state index is 12.3. The van der Waals surface area contributed by atoms with Gasteiger partial charge in [-0.15, -0.1) is 0 Å². The number of benzene rings is 1. The normalized spacial score (nSPS) is 17.3. The molecule has 0 fully saturated rings. The summed E-state index contributed by atoms with van der Waals surface area (Å²) in [5.41, 5.74) is 1.51. The molecule has 2 aromatic rings. The highest BCUT2D eigenvalue weighted by Crippen LogP contribution is 2.26. The first-order valence-corrected chi connectivity index (χ1v) is 6.14. The van der Waals surface area contributed by atoms with Crippen molar-refractivity contribution in [2.24, 2.45) is 0 Å². The first kappa shape index (κ1) is 11.7. The minimum atomic E-state index is -0.592. The van der Waals surface area contributed by atoms with Crippen LogP contribution in [0.4, 0.5) is 5.95 Å². The van der Waals surface area contributed by atoms with E-state index in [2.05, 4.69) is 10.3 Å². The first-order chi connectivity index (χ1) is 9.20. The lowest BCUT2D eigenvalue weighted by molar-refractivity contribution is -0.143. The number of nitrogens with one attached hydrogen (secondary N) is 1. The summed E-state index contributed by atoms with van der Waals surface area (Å²) in [5, 5.41) is 2.96. The molecule has 6 nitrogen and oxygen atoms in total. The lowest BCUT2D eigenvalue weighted by Gasteiger charge is -2.08. The van der Waals surface area contributed by atoms with Crippen LogP contribution in [0, 0.1) is 0 Å². The Morgan fingerprint density at radius 2 is 2.26 bits per heavy atom. The van der Waals surface area contributed by atoms with Crippen LogP contribution in [0.25, 0.3) is 11.0 Å². The fourth-order valence-corrected chi connectivity index (χ4v) is 2.24. The van der Waals surface area contributed by atoms with Gasteiger partial charge in [-0.3, -0.25) is 9.59 Å². The zero-order chi connectivity index (χ0) is 13.4. The van der Waals surface area contributed by atoms with Crippen molar-refractivity contribution in [1.82, 2.24) is 9.55 Å². The number of ether oxygens (including phenoxy) is 1. The fraction of sp³-hybridized carbons (Fsp3) is 0.308. The molecule has 98 valence electrons. The van der Waals surface area contributed by atoms with E-state index in [1.807, 2.05) is 24.3 Å². The van der Waals surface area contributed by atoms with Crippen molar-refractivity contribution < 1.29 is 14.3 Å². The van der Waals surface area contributed by atoms with Crippen molar-refractivity contribution in [3.63, 3.8) is 0 Å². The minimum Gasteiger partial charge on any atom is -0.466 e. The molecule has 1 aliphatic heterocycles. The summed E-state index contributed by atoms with van der Waals surface area (Å²) in [7, 11) is 0. The number of nitrogens with zero attached hydrogens (tertiary/aromatic N) is 2. The smallest absolute Gasteiger partial charge is 0.308 e. The van der Waals surface area contributed by atoms with Gasteiger partial charge in [0.2, 0.25) is 5.95 Å². The van der Waals surface area contributed by atoms with Crippen LogP contribution >= 0.6 is 0 Å². The van der Waals surface area contributed by atoms with E-state index in [4.69, 9.17) is 4.74 Å². The van der Waals surface area contributed by atoms with E-state index in [1.165, 1.54) is 4.57 Å². The molecular weight excluding hydrogens is 246 g/mol. The highest BCUT2D eigenvalue weighted by atomic mass is 16.5. The van der Waals surface area contributed by atoms with Gasteiger partial charge in [0.15, 0.2) is 0 Å². The molecule has 0 amide bonds. The van der Waals surface area contributed by atoms with Gasteiger partial charge in [-0.2, -0.15) is 0 Å². The number of hydrogen-bond acceptors (Lipinski definition) is 5. The number of hydrogen-bond donors (Lipinski definition) is 1. The summed E-state index contributed by atoms with van der Waals surface area (Å²) in [6, 6.07) is 6.80. The lowest BCUT2D eigenvalue weighted by Crippen LogP contribution is -2.28. The number of rotatable bonds is 3. The van der Waals surface area contributed by atoms with Gasteiger partial charge >= 0.3 is 5.97 Å². The number of para-hydroxylation sites is 2. The molecule has 0 aliphatic carbocycles. The van der Waals surface area contributed by atoms with Crippen LogP contribution in [-0.2, 0) is 9.53 Å². The SMILES string of the molecule is CCOC(=O)C[C@H]1Nc2nc3ccccc3n2C1=O. The maximum Gasteiger partial charge on any atom is 0.308 e. The summed E-state index contributed by atoms with van der Waals surface area (Å²) in [4.78, 5) is 28.0. The Hall–Kier alpha value is -2.37. The zero-order valence-electron chi connectivity index (χ0n) is 10.4. The monoisotopic (exact) mass is 259 g/mol. The molecule has 0 bridgehead atoms. The highest BCUT2D eigenvalue weighted by molar-refractivity contribution is 6.02. The highest BCUT2D eigenvalue weighted by Gasteiger charge is 2.34. The fourth-order valence-electron chi connectivity index (χ4n) is 2.24.